The summed E-state index contributed by atoms with van der Waals surface area (Å²) in [6.45, 7) is 5.36. The first-order valence-electron chi connectivity index (χ1n) is 3.56. The smallest absolute Gasteiger partial charge is 0.151 e. The third kappa shape index (κ3) is 4.77. The van der Waals surface area contributed by atoms with E-state index in [4.69, 9.17) is 11.6 Å². The van der Waals surface area contributed by atoms with Crippen molar-refractivity contribution in [1.82, 2.24) is 5.32 Å². The average Bonchev–Trinajstić information content (AvgIpc) is 1.88. The molecule has 0 rings (SSSR count). The fraction of sp³-hybridized carbons (Fsp3) is 0.857. The Morgan fingerprint density at radius 1 is 1.70 bits per heavy atom. The molecule has 0 aliphatic heterocycles. The van der Waals surface area contributed by atoms with Crippen LogP contribution >= 0.6 is 11.6 Å². The summed E-state index contributed by atoms with van der Waals surface area (Å²) in [6, 6.07) is 0. The maximum Gasteiger partial charge on any atom is 0.151 e. The Hall–Kier alpha value is -0.0800. The maximum absolute atomic E-state index is 10.8. The minimum Gasteiger partial charge on any atom is -0.317 e. The number of hydrogen-bond donors (Lipinski definition) is 1. The number of alkyl halides is 1. The van der Waals surface area contributed by atoms with E-state index < -0.39 is 0 Å². The lowest BCUT2D eigenvalue weighted by atomic mass is 10.2. The molecule has 0 heterocycles. The van der Waals surface area contributed by atoms with Crippen LogP contribution < -0.4 is 5.32 Å². The van der Waals surface area contributed by atoms with Crippen LogP contribution in [-0.2, 0) is 4.79 Å². The van der Waals surface area contributed by atoms with Crippen molar-refractivity contribution in [3.05, 3.63) is 0 Å². The average molecular weight is 164 g/mol. The van der Waals surface area contributed by atoms with E-state index in [1.54, 1.807) is 6.92 Å². The lowest BCUT2D eigenvalue weighted by molar-refractivity contribution is -0.118. The predicted molar refractivity (Wildman–Crippen MR) is 43.5 cm³/mol. The Labute approximate surface area is 66.9 Å². The summed E-state index contributed by atoms with van der Waals surface area (Å²) in [5.41, 5.74) is 0. The van der Waals surface area contributed by atoms with Crippen molar-refractivity contribution in [3.63, 3.8) is 0 Å². The number of carbonyl (C=O) groups is 1. The Bertz CT molecular complexity index is 104. The minimum atomic E-state index is -0.335. The number of ketones is 1. The summed E-state index contributed by atoms with van der Waals surface area (Å²) in [5, 5.41) is 2.72. The molecule has 0 saturated carbocycles. The van der Waals surface area contributed by atoms with Gasteiger partial charge in [0.2, 0.25) is 0 Å². The summed E-state index contributed by atoms with van der Waals surface area (Å²) < 4.78 is 0. The molecule has 0 bridgehead atoms. The van der Waals surface area contributed by atoms with Gasteiger partial charge in [-0.25, -0.2) is 0 Å². The lowest BCUT2D eigenvalue weighted by Crippen LogP contribution is -2.20. The molecule has 0 radical (unpaired) electrons. The topological polar surface area (TPSA) is 29.1 Å². The van der Waals surface area contributed by atoms with E-state index in [0.717, 1.165) is 13.1 Å². The normalized spacial score (nSPS) is 13.1. The summed E-state index contributed by atoms with van der Waals surface area (Å²) >= 11 is 5.53. The van der Waals surface area contributed by atoms with Gasteiger partial charge in [-0.3, -0.25) is 4.79 Å². The Kier molecular flexibility index (Phi) is 5.64. The summed E-state index contributed by atoms with van der Waals surface area (Å²) in [6.07, 6.45) is 0.540. The Morgan fingerprint density at radius 2 is 2.30 bits per heavy atom. The molecule has 3 heteroatoms. The van der Waals surface area contributed by atoms with E-state index >= 15 is 0 Å². The largest absolute Gasteiger partial charge is 0.317 e. The van der Waals surface area contributed by atoms with Gasteiger partial charge in [0, 0.05) is 13.0 Å². The van der Waals surface area contributed by atoms with Crippen molar-refractivity contribution in [1.29, 1.82) is 0 Å². The first-order valence-corrected chi connectivity index (χ1v) is 3.99. The van der Waals surface area contributed by atoms with Crippen molar-refractivity contribution in [2.75, 3.05) is 13.1 Å². The number of Topliss-reactive ketones (excluding diaryl/α,β-unsaturated/α-hetero) is 1. The van der Waals surface area contributed by atoms with Gasteiger partial charge >= 0.3 is 0 Å². The van der Waals surface area contributed by atoms with Crippen molar-refractivity contribution in [3.8, 4) is 0 Å². The van der Waals surface area contributed by atoms with Crippen molar-refractivity contribution >= 4 is 17.4 Å². The molecule has 60 valence electrons. The van der Waals surface area contributed by atoms with Crippen LogP contribution in [0.15, 0.2) is 0 Å². The molecule has 0 fully saturated rings. The molecule has 0 saturated heterocycles. The Morgan fingerprint density at radius 3 is 2.70 bits per heavy atom. The second kappa shape index (κ2) is 5.69. The van der Waals surface area contributed by atoms with Gasteiger partial charge in [0.05, 0.1) is 5.38 Å². The molecule has 1 atom stereocenters. The van der Waals surface area contributed by atoms with Gasteiger partial charge < -0.3 is 5.32 Å². The number of nitrogens with one attached hydrogen (secondary N) is 1. The van der Waals surface area contributed by atoms with Crippen LogP contribution in [0.3, 0.4) is 0 Å². The zero-order valence-corrected chi connectivity index (χ0v) is 7.24. The molecule has 0 aromatic rings. The van der Waals surface area contributed by atoms with E-state index in [-0.39, 0.29) is 11.2 Å². The standard InChI is InChI=1S/C7H14ClNO/c1-3-9-5-4-7(10)6(2)8/h6,9H,3-5H2,1-2H3. The molecular weight excluding hydrogens is 150 g/mol. The highest BCUT2D eigenvalue weighted by Crippen LogP contribution is 1.97. The van der Waals surface area contributed by atoms with E-state index in [1.807, 2.05) is 6.92 Å². The number of rotatable bonds is 5. The Balaban J connectivity index is 3.22. The molecule has 0 amide bonds. The zero-order chi connectivity index (χ0) is 7.98. The summed E-state index contributed by atoms with van der Waals surface area (Å²) in [7, 11) is 0. The van der Waals surface area contributed by atoms with Gasteiger partial charge in [0.25, 0.3) is 0 Å². The first-order chi connectivity index (χ1) is 4.68. The molecule has 0 aromatic heterocycles. The van der Waals surface area contributed by atoms with Crippen LogP contribution in [0.4, 0.5) is 0 Å². The van der Waals surface area contributed by atoms with E-state index in [1.165, 1.54) is 0 Å². The molecule has 0 spiro atoms. The van der Waals surface area contributed by atoms with Crippen LogP contribution in [-0.4, -0.2) is 24.2 Å². The van der Waals surface area contributed by atoms with Crippen LogP contribution in [0.2, 0.25) is 0 Å². The molecule has 1 N–H and O–H groups in total. The second-order valence-corrected chi connectivity index (χ2v) is 2.84. The van der Waals surface area contributed by atoms with E-state index in [0.29, 0.717) is 6.42 Å². The fourth-order valence-electron chi connectivity index (χ4n) is 0.587. The first kappa shape index (κ1) is 9.92. The van der Waals surface area contributed by atoms with Crippen molar-refractivity contribution in [2.45, 2.75) is 25.6 Å². The van der Waals surface area contributed by atoms with E-state index in [2.05, 4.69) is 5.32 Å². The maximum atomic E-state index is 10.8. The minimum absolute atomic E-state index is 0.114. The van der Waals surface area contributed by atoms with Gasteiger partial charge in [-0.05, 0) is 13.5 Å². The van der Waals surface area contributed by atoms with Crippen LogP contribution in [0.25, 0.3) is 0 Å². The van der Waals surface area contributed by atoms with Crippen molar-refractivity contribution in [2.24, 2.45) is 0 Å². The molecule has 0 aliphatic rings. The quantitative estimate of drug-likeness (QED) is 0.487. The van der Waals surface area contributed by atoms with Crippen LogP contribution in [0.5, 0.6) is 0 Å². The number of halogens is 1. The third-order valence-electron chi connectivity index (χ3n) is 1.24. The van der Waals surface area contributed by atoms with E-state index in [9.17, 15) is 4.79 Å². The van der Waals surface area contributed by atoms with Crippen molar-refractivity contribution < 1.29 is 4.79 Å². The highest BCUT2D eigenvalue weighted by Gasteiger charge is 2.06. The molecule has 1 unspecified atom stereocenters. The summed E-state index contributed by atoms with van der Waals surface area (Å²) in [4.78, 5) is 10.8. The fourth-order valence-corrected chi connectivity index (χ4v) is 0.696. The third-order valence-corrected chi connectivity index (χ3v) is 1.49. The molecule has 0 aromatic carbocycles. The highest BCUT2D eigenvalue weighted by atomic mass is 35.5. The van der Waals surface area contributed by atoms with Gasteiger partial charge in [-0.2, -0.15) is 0 Å². The molecule has 10 heavy (non-hydrogen) atoms. The van der Waals surface area contributed by atoms with Gasteiger partial charge in [0.15, 0.2) is 5.78 Å². The number of carbonyl (C=O) groups excluding carboxylic acids is 1. The second-order valence-electron chi connectivity index (χ2n) is 2.19. The molecular formula is C7H14ClNO. The SMILES string of the molecule is CCNCCC(=O)C(C)Cl. The monoisotopic (exact) mass is 163 g/mol. The lowest BCUT2D eigenvalue weighted by Gasteiger charge is -2.01. The summed E-state index contributed by atoms with van der Waals surface area (Å²) in [5.74, 6) is 0.114. The van der Waals surface area contributed by atoms with Crippen LogP contribution in [0.1, 0.15) is 20.3 Å². The number of hydrogen-bond acceptors (Lipinski definition) is 2. The zero-order valence-electron chi connectivity index (χ0n) is 6.48. The molecule has 2 nitrogen and oxygen atoms in total. The van der Waals surface area contributed by atoms with Gasteiger partial charge in [-0.1, -0.05) is 6.92 Å². The van der Waals surface area contributed by atoms with Gasteiger partial charge in [0.1, 0.15) is 0 Å². The van der Waals surface area contributed by atoms with Crippen LogP contribution in [0, 0.1) is 0 Å². The van der Waals surface area contributed by atoms with Gasteiger partial charge in [-0.15, -0.1) is 11.6 Å². The highest BCUT2D eigenvalue weighted by molar-refractivity contribution is 6.30. The predicted octanol–water partition coefficient (Wildman–Crippen LogP) is 1.18. The molecule has 0 aliphatic carbocycles.